The van der Waals surface area contributed by atoms with Crippen molar-refractivity contribution in [2.24, 2.45) is 0 Å². The molecule has 4 nitrogen and oxygen atoms in total. The van der Waals surface area contributed by atoms with Gasteiger partial charge in [-0.15, -0.1) is 0 Å². The lowest BCUT2D eigenvalue weighted by Crippen LogP contribution is -2.19. The van der Waals surface area contributed by atoms with Gasteiger partial charge in [-0.1, -0.05) is 18.2 Å². The van der Waals surface area contributed by atoms with Crippen molar-refractivity contribution >= 4 is 10.8 Å². The summed E-state index contributed by atoms with van der Waals surface area (Å²) in [7, 11) is 0. The number of aliphatic hydroxyl groups is 3. The maximum absolute atomic E-state index is 10.0. The van der Waals surface area contributed by atoms with Crippen molar-refractivity contribution in [1.82, 2.24) is 4.98 Å². The minimum absolute atomic E-state index is 0.148. The number of nitrogens with zero attached hydrogens (tertiary/aromatic N) is 1. The van der Waals surface area contributed by atoms with Crippen molar-refractivity contribution in [2.75, 3.05) is 6.61 Å². The predicted octanol–water partition coefficient (Wildman–Crippen LogP) is 1.01. The highest BCUT2D eigenvalue weighted by molar-refractivity contribution is 5.85. The van der Waals surface area contributed by atoms with E-state index in [2.05, 4.69) is 4.98 Å². The molecule has 0 aliphatic carbocycles. The third kappa shape index (κ3) is 2.44. The Morgan fingerprint density at radius 2 is 2.00 bits per heavy atom. The van der Waals surface area contributed by atoms with E-state index < -0.39 is 12.2 Å². The van der Waals surface area contributed by atoms with Crippen LogP contribution >= 0.6 is 0 Å². The van der Waals surface area contributed by atoms with Gasteiger partial charge in [0.2, 0.25) is 0 Å². The number of hydrogen-bond acceptors (Lipinski definition) is 4. The second-order valence-electron chi connectivity index (χ2n) is 3.97. The van der Waals surface area contributed by atoms with Crippen LogP contribution in [0.5, 0.6) is 0 Å². The van der Waals surface area contributed by atoms with Crippen LogP contribution in [0.1, 0.15) is 18.1 Å². The fourth-order valence-electron chi connectivity index (χ4n) is 1.90. The van der Waals surface area contributed by atoms with E-state index in [0.717, 1.165) is 10.8 Å². The average molecular weight is 233 g/mol. The largest absolute Gasteiger partial charge is 0.396 e. The van der Waals surface area contributed by atoms with E-state index >= 15 is 0 Å². The number of fused-ring (bicyclic) bond motifs is 1. The highest BCUT2D eigenvalue weighted by Crippen LogP contribution is 2.26. The van der Waals surface area contributed by atoms with E-state index in [9.17, 15) is 10.2 Å². The van der Waals surface area contributed by atoms with Crippen LogP contribution in [0.25, 0.3) is 10.8 Å². The van der Waals surface area contributed by atoms with E-state index in [1.54, 1.807) is 24.5 Å². The molecule has 2 rings (SSSR count). The molecule has 0 saturated heterocycles. The van der Waals surface area contributed by atoms with Crippen molar-refractivity contribution in [3.05, 3.63) is 42.2 Å². The molecule has 1 aromatic heterocycles. The van der Waals surface area contributed by atoms with Crippen LogP contribution in [0.2, 0.25) is 0 Å². The van der Waals surface area contributed by atoms with Gasteiger partial charge in [0.15, 0.2) is 0 Å². The van der Waals surface area contributed by atoms with Gasteiger partial charge < -0.3 is 15.3 Å². The van der Waals surface area contributed by atoms with Crippen LogP contribution in [0.4, 0.5) is 0 Å². The summed E-state index contributed by atoms with van der Waals surface area (Å²) in [5.41, 5.74) is 0.658. The third-order valence-corrected chi connectivity index (χ3v) is 2.82. The van der Waals surface area contributed by atoms with Crippen LogP contribution in [0, 0.1) is 0 Å². The molecule has 0 fully saturated rings. The number of aromatic nitrogens is 1. The first kappa shape index (κ1) is 12.0. The Kier molecular flexibility index (Phi) is 3.68. The van der Waals surface area contributed by atoms with Gasteiger partial charge >= 0.3 is 0 Å². The fraction of sp³-hybridized carbons (Fsp3) is 0.308. The summed E-state index contributed by atoms with van der Waals surface area (Å²) in [5, 5.41) is 30.3. The standard InChI is InChI=1S/C13H15NO3/c15-7-5-12(16)13(17)11-3-1-2-9-8-14-6-4-10(9)11/h1-4,6,8,12-13,15-17H,5,7H2. The van der Waals surface area contributed by atoms with Gasteiger partial charge in [0, 0.05) is 24.4 Å². The lowest BCUT2D eigenvalue weighted by Gasteiger charge is -2.18. The lowest BCUT2D eigenvalue weighted by atomic mass is 9.97. The van der Waals surface area contributed by atoms with Crippen molar-refractivity contribution in [1.29, 1.82) is 0 Å². The zero-order valence-electron chi connectivity index (χ0n) is 9.32. The second kappa shape index (κ2) is 5.23. The topological polar surface area (TPSA) is 73.6 Å². The van der Waals surface area contributed by atoms with Gasteiger partial charge in [-0.25, -0.2) is 0 Å². The number of hydrogen-bond donors (Lipinski definition) is 3. The number of pyridine rings is 1. The lowest BCUT2D eigenvalue weighted by molar-refractivity contribution is 0.00500. The predicted molar refractivity (Wildman–Crippen MR) is 64.4 cm³/mol. The molecule has 2 atom stereocenters. The molecule has 1 aromatic carbocycles. The van der Waals surface area contributed by atoms with E-state index in [1.165, 1.54) is 0 Å². The summed E-state index contributed by atoms with van der Waals surface area (Å²) in [6, 6.07) is 7.29. The zero-order chi connectivity index (χ0) is 12.3. The second-order valence-corrected chi connectivity index (χ2v) is 3.97. The summed E-state index contributed by atoms with van der Waals surface area (Å²) in [6.07, 6.45) is 1.57. The summed E-state index contributed by atoms with van der Waals surface area (Å²) < 4.78 is 0. The third-order valence-electron chi connectivity index (χ3n) is 2.82. The molecule has 0 spiro atoms. The van der Waals surface area contributed by atoms with Gasteiger partial charge in [0.05, 0.1) is 6.10 Å². The summed E-state index contributed by atoms with van der Waals surface area (Å²) in [6.45, 7) is -0.148. The average Bonchev–Trinajstić information content (AvgIpc) is 2.37. The zero-order valence-corrected chi connectivity index (χ0v) is 9.32. The van der Waals surface area contributed by atoms with Gasteiger partial charge in [-0.2, -0.15) is 0 Å². The molecule has 17 heavy (non-hydrogen) atoms. The van der Waals surface area contributed by atoms with Crippen LogP contribution in [0.3, 0.4) is 0 Å². The Bertz CT molecular complexity index is 495. The van der Waals surface area contributed by atoms with Gasteiger partial charge in [-0.05, 0) is 23.4 Å². The molecule has 0 aliphatic heterocycles. The minimum Gasteiger partial charge on any atom is -0.396 e. The number of rotatable bonds is 4. The maximum Gasteiger partial charge on any atom is 0.106 e. The highest BCUT2D eigenvalue weighted by Gasteiger charge is 2.19. The SMILES string of the molecule is OCCC(O)C(O)c1cccc2cnccc12. The van der Waals surface area contributed by atoms with Gasteiger partial charge in [-0.3, -0.25) is 4.98 Å². The van der Waals surface area contributed by atoms with Crippen LogP contribution in [-0.4, -0.2) is 33.0 Å². The van der Waals surface area contributed by atoms with Crippen molar-refractivity contribution in [2.45, 2.75) is 18.6 Å². The molecule has 4 heteroatoms. The molecule has 90 valence electrons. The molecule has 0 saturated carbocycles. The molecule has 0 radical (unpaired) electrons. The molecule has 0 bridgehead atoms. The highest BCUT2D eigenvalue weighted by atomic mass is 16.3. The van der Waals surface area contributed by atoms with Crippen molar-refractivity contribution in [3.8, 4) is 0 Å². The van der Waals surface area contributed by atoms with Gasteiger partial charge in [0.1, 0.15) is 6.10 Å². The molecule has 2 aromatic rings. The first-order valence-corrected chi connectivity index (χ1v) is 5.53. The monoisotopic (exact) mass is 233 g/mol. The van der Waals surface area contributed by atoms with E-state index in [4.69, 9.17) is 5.11 Å². The normalized spacial score (nSPS) is 14.8. The van der Waals surface area contributed by atoms with E-state index in [0.29, 0.717) is 5.56 Å². The first-order valence-electron chi connectivity index (χ1n) is 5.53. The first-order chi connectivity index (χ1) is 8.24. The molecule has 0 amide bonds. The maximum atomic E-state index is 10.0. The molecule has 1 heterocycles. The minimum atomic E-state index is -0.992. The molecular formula is C13H15NO3. The van der Waals surface area contributed by atoms with Crippen molar-refractivity contribution in [3.63, 3.8) is 0 Å². The molecule has 2 unspecified atom stereocenters. The summed E-state index contributed by atoms with van der Waals surface area (Å²) in [4.78, 5) is 4.01. The molecule has 3 N–H and O–H groups in total. The fourth-order valence-corrected chi connectivity index (χ4v) is 1.90. The van der Waals surface area contributed by atoms with Crippen LogP contribution in [0.15, 0.2) is 36.7 Å². The smallest absolute Gasteiger partial charge is 0.106 e. The Labute approximate surface area is 99.2 Å². The number of benzene rings is 1. The molecular weight excluding hydrogens is 218 g/mol. The summed E-state index contributed by atoms with van der Waals surface area (Å²) in [5.74, 6) is 0. The Morgan fingerprint density at radius 1 is 1.18 bits per heavy atom. The van der Waals surface area contributed by atoms with Crippen molar-refractivity contribution < 1.29 is 15.3 Å². The Balaban J connectivity index is 2.41. The molecule has 0 aliphatic rings. The van der Waals surface area contributed by atoms with Crippen LogP contribution < -0.4 is 0 Å². The number of aliphatic hydroxyl groups excluding tert-OH is 3. The summed E-state index contributed by atoms with van der Waals surface area (Å²) >= 11 is 0. The van der Waals surface area contributed by atoms with Gasteiger partial charge in [0.25, 0.3) is 0 Å². The van der Waals surface area contributed by atoms with E-state index in [-0.39, 0.29) is 13.0 Å². The Hall–Kier alpha value is -1.49. The van der Waals surface area contributed by atoms with E-state index in [1.807, 2.05) is 12.1 Å². The quantitative estimate of drug-likeness (QED) is 0.737. The Morgan fingerprint density at radius 3 is 2.76 bits per heavy atom. The van der Waals surface area contributed by atoms with Crippen LogP contribution in [-0.2, 0) is 0 Å².